The van der Waals surface area contributed by atoms with E-state index in [0.29, 0.717) is 16.5 Å². The molecule has 3 aromatic carbocycles. The molecule has 0 saturated carbocycles. The number of hydrogen-bond donors (Lipinski definition) is 1. The summed E-state index contributed by atoms with van der Waals surface area (Å²) in [6, 6.07) is 24.8. The van der Waals surface area contributed by atoms with Gasteiger partial charge >= 0.3 is 0 Å². The second-order valence-corrected chi connectivity index (χ2v) is 8.75. The summed E-state index contributed by atoms with van der Waals surface area (Å²) in [6.07, 6.45) is 5.25. The van der Waals surface area contributed by atoms with Crippen molar-refractivity contribution >= 4 is 45.9 Å². The van der Waals surface area contributed by atoms with Crippen molar-refractivity contribution in [3.05, 3.63) is 108 Å². The van der Waals surface area contributed by atoms with Gasteiger partial charge in [0.05, 0.1) is 30.1 Å². The Morgan fingerprint density at radius 3 is 2.78 bits per heavy atom. The lowest BCUT2D eigenvalue weighted by molar-refractivity contribution is -0.118. The van der Waals surface area contributed by atoms with Crippen LogP contribution < -0.4 is 10.1 Å². The molecular formula is C28H23ClN6O2. The van der Waals surface area contributed by atoms with Crippen LogP contribution in [0.4, 0.5) is 11.4 Å². The molecule has 2 aromatic heterocycles. The molecule has 0 radical (unpaired) electrons. The zero-order valence-corrected chi connectivity index (χ0v) is 20.5. The third kappa shape index (κ3) is 6.77. The van der Waals surface area contributed by atoms with Crippen LogP contribution in [0.15, 0.2) is 96.2 Å². The maximum absolute atomic E-state index is 12.3. The summed E-state index contributed by atoms with van der Waals surface area (Å²) in [4.78, 5) is 21.2. The highest BCUT2D eigenvalue weighted by Crippen LogP contribution is 2.19. The van der Waals surface area contributed by atoms with Crippen molar-refractivity contribution in [2.24, 2.45) is 4.99 Å². The number of aliphatic imine (C=N–C) groups is 1. The molecule has 9 heteroatoms. The lowest BCUT2D eigenvalue weighted by Crippen LogP contribution is -2.19. The minimum Gasteiger partial charge on any atom is -0.487 e. The van der Waals surface area contributed by atoms with Crippen molar-refractivity contribution in [3.63, 3.8) is 0 Å². The summed E-state index contributed by atoms with van der Waals surface area (Å²) in [6.45, 7) is 0.519. The smallest absolute Gasteiger partial charge is 0.173 e. The molecule has 5 aromatic rings. The Morgan fingerprint density at radius 2 is 1.92 bits per heavy atom. The number of hydrogen-bond acceptors (Lipinski definition) is 7. The van der Waals surface area contributed by atoms with Crippen LogP contribution in [0, 0.1) is 0 Å². The van der Waals surface area contributed by atoms with Crippen molar-refractivity contribution in [2.45, 2.75) is 13.2 Å². The van der Waals surface area contributed by atoms with Crippen molar-refractivity contribution in [1.29, 1.82) is 0 Å². The van der Waals surface area contributed by atoms with Crippen molar-refractivity contribution < 1.29 is 9.53 Å². The van der Waals surface area contributed by atoms with Crippen molar-refractivity contribution in [3.8, 4) is 5.75 Å². The van der Waals surface area contributed by atoms with Gasteiger partial charge in [-0.25, -0.2) is 4.68 Å². The summed E-state index contributed by atoms with van der Waals surface area (Å²) in [5, 5.41) is 12.8. The van der Waals surface area contributed by atoms with Crippen LogP contribution in [0.2, 0.25) is 5.02 Å². The molecule has 0 bridgehead atoms. The van der Waals surface area contributed by atoms with E-state index in [-0.39, 0.29) is 25.5 Å². The monoisotopic (exact) mass is 510 g/mol. The number of fused-ring (bicyclic) bond motifs is 1. The number of nitrogens with zero attached hydrogens (tertiary/aromatic N) is 5. The number of carbonyl (C=O) groups excluding carboxylic acids is 1. The molecule has 0 atom stereocenters. The predicted molar refractivity (Wildman–Crippen MR) is 145 cm³/mol. The molecule has 37 heavy (non-hydrogen) atoms. The third-order valence-corrected chi connectivity index (χ3v) is 5.68. The average Bonchev–Trinajstić information content (AvgIpc) is 3.37. The normalized spacial score (nSPS) is 11.2. The van der Waals surface area contributed by atoms with Gasteiger partial charge in [-0.1, -0.05) is 41.1 Å². The number of carbonyl (C=O) groups is 1. The van der Waals surface area contributed by atoms with Gasteiger partial charge in [0.25, 0.3) is 0 Å². The summed E-state index contributed by atoms with van der Waals surface area (Å²) in [7, 11) is 0. The molecule has 0 saturated heterocycles. The zero-order chi connectivity index (χ0) is 25.5. The number of rotatable bonds is 10. The van der Waals surface area contributed by atoms with Crippen LogP contribution in [0.1, 0.15) is 11.3 Å². The van der Waals surface area contributed by atoms with E-state index in [4.69, 9.17) is 16.3 Å². The van der Waals surface area contributed by atoms with E-state index in [1.54, 1.807) is 30.7 Å². The molecule has 0 aliphatic carbocycles. The largest absolute Gasteiger partial charge is 0.487 e. The molecule has 8 nitrogen and oxygen atoms in total. The highest BCUT2D eigenvalue weighted by atomic mass is 35.5. The van der Waals surface area contributed by atoms with Crippen molar-refractivity contribution in [1.82, 2.24) is 20.0 Å². The predicted octanol–water partition coefficient (Wildman–Crippen LogP) is 5.49. The van der Waals surface area contributed by atoms with E-state index < -0.39 is 0 Å². The van der Waals surface area contributed by atoms with E-state index in [2.05, 4.69) is 25.6 Å². The fourth-order valence-corrected chi connectivity index (χ4v) is 3.79. The van der Waals surface area contributed by atoms with Gasteiger partial charge in [-0.2, -0.15) is 0 Å². The molecule has 1 N–H and O–H groups in total. The molecule has 0 aliphatic rings. The van der Waals surface area contributed by atoms with Crippen molar-refractivity contribution in [2.75, 3.05) is 11.9 Å². The molecule has 0 amide bonds. The molecular weight excluding hydrogens is 488 g/mol. The Balaban J connectivity index is 1.09. The molecule has 5 rings (SSSR count). The third-order valence-electron chi connectivity index (χ3n) is 5.44. The van der Waals surface area contributed by atoms with Gasteiger partial charge in [0, 0.05) is 22.3 Å². The molecule has 0 unspecified atom stereocenters. The topological polar surface area (TPSA) is 94.3 Å². The van der Waals surface area contributed by atoms with E-state index in [0.717, 1.165) is 27.8 Å². The fourth-order valence-electron chi connectivity index (χ4n) is 3.60. The standard InChI is InChI=1S/C28H23ClN6O2/c29-22-5-3-6-23(13-22)31-16-26(36)18-35-17-25(33-34-35)19-37-27-10-8-20(9-11-27)14-30-24-12-21-4-1-2-7-28(21)32-15-24/h1-15,17,31H,16,18-19H2. The minimum atomic E-state index is -0.0333. The average molecular weight is 511 g/mol. The number of benzene rings is 3. The number of para-hydroxylation sites is 1. The lowest BCUT2D eigenvalue weighted by atomic mass is 10.2. The number of ether oxygens (including phenoxy) is 1. The van der Waals surface area contributed by atoms with Gasteiger partial charge in [0.15, 0.2) is 5.78 Å². The quantitative estimate of drug-likeness (QED) is 0.250. The lowest BCUT2D eigenvalue weighted by Gasteiger charge is -2.06. The van der Waals surface area contributed by atoms with Crippen LogP contribution in [0.5, 0.6) is 5.75 Å². The number of halogens is 1. The number of pyridine rings is 1. The maximum Gasteiger partial charge on any atom is 0.173 e. The van der Waals surface area contributed by atoms with E-state index in [1.165, 1.54) is 4.68 Å². The Morgan fingerprint density at radius 1 is 1.05 bits per heavy atom. The summed E-state index contributed by atoms with van der Waals surface area (Å²) in [5.41, 5.74) is 4.10. The van der Waals surface area contributed by atoms with Crippen LogP contribution in [0.3, 0.4) is 0 Å². The van der Waals surface area contributed by atoms with Crippen LogP contribution >= 0.6 is 11.6 Å². The first-order valence-electron chi connectivity index (χ1n) is 11.6. The second-order valence-electron chi connectivity index (χ2n) is 8.31. The van der Waals surface area contributed by atoms with Gasteiger partial charge in [-0.3, -0.25) is 14.8 Å². The molecule has 0 aliphatic heterocycles. The molecule has 184 valence electrons. The van der Waals surface area contributed by atoms with Crippen LogP contribution in [0.25, 0.3) is 10.9 Å². The first kappa shape index (κ1) is 24.1. The number of nitrogens with one attached hydrogen (secondary N) is 1. The Bertz CT molecular complexity index is 1550. The first-order chi connectivity index (χ1) is 18.1. The number of aromatic nitrogens is 4. The number of ketones is 1. The zero-order valence-electron chi connectivity index (χ0n) is 19.8. The molecule has 2 heterocycles. The van der Waals surface area contributed by atoms with E-state index >= 15 is 0 Å². The Kier molecular flexibility index (Phi) is 7.47. The fraction of sp³-hybridized carbons (Fsp3) is 0.107. The van der Waals surface area contributed by atoms with Gasteiger partial charge in [-0.15, -0.1) is 5.10 Å². The molecule has 0 spiro atoms. The summed E-state index contributed by atoms with van der Waals surface area (Å²) < 4.78 is 7.31. The number of anilines is 1. The Labute approximate surface area is 218 Å². The van der Waals surface area contributed by atoms with E-state index in [9.17, 15) is 4.79 Å². The first-order valence-corrected chi connectivity index (χ1v) is 12.0. The van der Waals surface area contributed by atoms with Gasteiger partial charge in [-0.05, 0) is 60.2 Å². The van der Waals surface area contributed by atoms with Crippen LogP contribution in [-0.2, 0) is 17.9 Å². The van der Waals surface area contributed by atoms with Gasteiger partial charge < -0.3 is 10.1 Å². The van der Waals surface area contributed by atoms with Gasteiger partial charge in [0.2, 0.25) is 0 Å². The maximum atomic E-state index is 12.3. The second kappa shape index (κ2) is 11.5. The summed E-state index contributed by atoms with van der Waals surface area (Å²) in [5.74, 6) is 0.662. The summed E-state index contributed by atoms with van der Waals surface area (Å²) >= 11 is 5.96. The van der Waals surface area contributed by atoms with E-state index in [1.807, 2.05) is 66.7 Å². The minimum absolute atomic E-state index is 0.0333. The SMILES string of the molecule is O=C(CNc1cccc(Cl)c1)Cn1cc(COc2ccc(C=Nc3cnc4ccccc4c3)cc2)nn1. The van der Waals surface area contributed by atoms with Gasteiger partial charge in [0.1, 0.15) is 24.6 Å². The highest BCUT2D eigenvalue weighted by Gasteiger charge is 2.07. The number of Topliss-reactive ketones (excluding diaryl/α,β-unsaturated/α-hetero) is 1. The Hall–Kier alpha value is -4.56. The highest BCUT2D eigenvalue weighted by molar-refractivity contribution is 6.30. The van der Waals surface area contributed by atoms with Crippen LogP contribution in [-0.4, -0.2) is 38.5 Å². The molecule has 0 fully saturated rings.